The molecule has 0 saturated carbocycles. The number of benzene rings is 3. The number of carbonyl (C=O) groups is 5. The van der Waals surface area contributed by atoms with Crippen molar-refractivity contribution in [1.29, 1.82) is 0 Å². The molecule has 11 atom stereocenters. The number of fused-ring (bicyclic) bond motifs is 1. The molecule has 3 aromatic rings. The predicted molar refractivity (Wildman–Crippen MR) is 214 cm³/mol. The Morgan fingerprint density at radius 2 is 1.24 bits per heavy atom. The quantitative estimate of drug-likeness (QED) is 0.116. The van der Waals surface area contributed by atoms with E-state index in [1.165, 1.54) is 7.11 Å². The SMILES string of the molecule is COC(=O)C1(OCC2OC(OC)C(OCc3ccccc3)C(OCc3ccccc3)C2OCc2ccccc2)CC2OC(=O)OC2C([C@H](OC(C)=O)[C@@H](COC(C)=O)OC(C)=O)O1. The van der Waals surface area contributed by atoms with Crippen LogP contribution in [0.5, 0.6) is 0 Å². The number of ether oxygens (including phenoxy) is 13. The summed E-state index contributed by atoms with van der Waals surface area (Å²) in [7, 11) is 2.54. The number of rotatable bonds is 20. The standard InChI is InChI=1S/C45H52O18/c1-27(46)53-25-34(58-28(2)47)38(59-29(3)48)40-37-33(61-44(50)62-37)21-45(63-40,43(49)52-5)57-26-35-36(54-22-30-15-9-6-10-16-30)39(55-23-31-17-11-7-12-18-31)41(42(51-4)60-35)56-24-32-19-13-8-14-20-32/h6-20,33-42H,21-26H2,1-5H3/t33?,34-,35?,36?,37?,38-,39?,40?,41?,42?,45?/m1/s1. The highest BCUT2D eigenvalue weighted by atomic mass is 16.8. The minimum Gasteiger partial charge on any atom is -0.465 e. The zero-order valence-corrected chi connectivity index (χ0v) is 35.5. The molecule has 0 N–H and O–H groups in total. The summed E-state index contributed by atoms with van der Waals surface area (Å²) in [5.41, 5.74) is 2.59. The summed E-state index contributed by atoms with van der Waals surface area (Å²) < 4.78 is 77.6. The van der Waals surface area contributed by atoms with Gasteiger partial charge in [0.2, 0.25) is 0 Å². The van der Waals surface area contributed by atoms with E-state index >= 15 is 0 Å². The molecule has 3 fully saturated rings. The molecule has 3 aliphatic heterocycles. The third-order valence-electron chi connectivity index (χ3n) is 10.4. The van der Waals surface area contributed by atoms with Crippen LogP contribution in [0.1, 0.15) is 43.9 Å². The fourth-order valence-electron chi connectivity index (χ4n) is 7.58. The van der Waals surface area contributed by atoms with Crippen molar-refractivity contribution < 1.29 is 85.6 Å². The normalized spacial score (nSPS) is 27.4. The molecule has 6 rings (SSSR count). The lowest BCUT2D eigenvalue weighted by Crippen LogP contribution is -2.66. The van der Waals surface area contributed by atoms with Crippen molar-refractivity contribution in [1.82, 2.24) is 0 Å². The fourth-order valence-corrected chi connectivity index (χ4v) is 7.58. The lowest BCUT2D eigenvalue weighted by atomic mass is 9.90. The second kappa shape index (κ2) is 22.2. The van der Waals surface area contributed by atoms with E-state index in [0.29, 0.717) is 0 Å². The van der Waals surface area contributed by atoms with Crippen LogP contribution in [-0.2, 0) is 101 Å². The first kappa shape index (κ1) is 47.0. The van der Waals surface area contributed by atoms with Gasteiger partial charge in [0, 0.05) is 27.9 Å². The second-order valence-corrected chi connectivity index (χ2v) is 14.9. The van der Waals surface area contributed by atoms with Crippen LogP contribution in [0.4, 0.5) is 4.79 Å². The summed E-state index contributed by atoms with van der Waals surface area (Å²) in [5, 5.41) is 0. The Kier molecular flexibility index (Phi) is 16.6. The van der Waals surface area contributed by atoms with E-state index in [2.05, 4.69) is 0 Å². The van der Waals surface area contributed by atoms with Crippen LogP contribution in [0.3, 0.4) is 0 Å². The van der Waals surface area contributed by atoms with Crippen molar-refractivity contribution in [3.8, 4) is 0 Å². The zero-order chi connectivity index (χ0) is 44.9. The molecule has 9 unspecified atom stereocenters. The molecule has 18 heteroatoms. The van der Waals surface area contributed by atoms with Crippen LogP contribution in [0, 0.1) is 0 Å². The molecule has 3 aliphatic rings. The lowest BCUT2D eigenvalue weighted by molar-refractivity contribution is -0.349. The summed E-state index contributed by atoms with van der Waals surface area (Å²) in [6.07, 6.45) is -13.9. The van der Waals surface area contributed by atoms with E-state index in [1.807, 2.05) is 91.0 Å². The van der Waals surface area contributed by atoms with Gasteiger partial charge in [-0.05, 0) is 16.7 Å². The highest BCUT2D eigenvalue weighted by molar-refractivity contribution is 5.78. The first-order chi connectivity index (χ1) is 30.4. The zero-order valence-electron chi connectivity index (χ0n) is 35.5. The summed E-state index contributed by atoms with van der Waals surface area (Å²) in [6.45, 7) is 2.60. The Morgan fingerprint density at radius 1 is 0.698 bits per heavy atom. The Hall–Kier alpha value is -5.47. The van der Waals surface area contributed by atoms with Gasteiger partial charge in [-0.3, -0.25) is 14.4 Å². The Labute approximate surface area is 364 Å². The minimum atomic E-state index is -2.42. The average molecular weight is 881 g/mol. The average Bonchev–Trinajstić information content (AvgIpc) is 3.66. The molecule has 18 nitrogen and oxygen atoms in total. The molecule has 3 heterocycles. The topological polar surface area (TPSA) is 205 Å². The molecule has 0 amide bonds. The summed E-state index contributed by atoms with van der Waals surface area (Å²) in [4.78, 5) is 63.5. The number of esters is 4. The van der Waals surface area contributed by atoms with Gasteiger partial charge in [-0.1, -0.05) is 91.0 Å². The van der Waals surface area contributed by atoms with Crippen molar-refractivity contribution in [2.24, 2.45) is 0 Å². The van der Waals surface area contributed by atoms with Gasteiger partial charge in [0.15, 0.2) is 30.7 Å². The largest absolute Gasteiger partial charge is 0.509 e. The molecule has 0 radical (unpaired) electrons. The maximum absolute atomic E-state index is 14.0. The second-order valence-electron chi connectivity index (χ2n) is 14.9. The third kappa shape index (κ3) is 12.4. The van der Waals surface area contributed by atoms with Gasteiger partial charge in [0.25, 0.3) is 5.79 Å². The molecule has 63 heavy (non-hydrogen) atoms. The molecule has 0 aromatic heterocycles. The molecule has 0 bridgehead atoms. The van der Waals surface area contributed by atoms with E-state index in [1.54, 1.807) is 0 Å². The highest BCUT2D eigenvalue weighted by Crippen LogP contribution is 2.41. The van der Waals surface area contributed by atoms with Gasteiger partial charge in [-0.25, -0.2) is 9.59 Å². The molecule has 3 aromatic carbocycles. The van der Waals surface area contributed by atoms with Gasteiger partial charge < -0.3 is 61.6 Å². The van der Waals surface area contributed by atoms with Gasteiger partial charge in [0.1, 0.15) is 37.1 Å². The molecule has 0 aliphatic carbocycles. The fraction of sp³-hybridized carbons (Fsp3) is 0.489. The van der Waals surface area contributed by atoms with Crippen LogP contribution in [-0.4, -0.2) is 124 Å². The van der Waals surface area contributed by atoms with E-state index < -0.39 is 117 Å². The molecular weight excluding hydrogens is 828 g/mol. The smallest absolute Gasteiger partial charge is 0.465 e. The Morgan fingerprint density at radius 3 is 1.75 bits per heavy atom. The molecule has 0 spiro atoms. The van der Waals surface area contributed by atoms with Gasteiger partial charge in [-0.15, -0.1) is 0 Å². The summed E-state index contributed by atoms with van der Waals surface area (Å²) in [6, 6.07) is 28.4. The highest BCUT2D eigenvalue weighted by Gasteiger charge is 2.63. The van der Waals surface area contributed by atoms with Crippen molar-refractivity contribution in [3.05, 3.63) is 108 Å². The van der Waals surface area contributed by atoms with Gasteiger partial charge >= 0.3 is 30.0 Å². The third-order valence-corrected chi connectivity index (χ3v) is 10.4. The predicted octanol–water partition coefficient (Wildman–Crippen LogP) is 4.12. The lowest BCUT2D eigenvalue weighted by Gasteiger charge is -2.47. The number of hydrogen-bond acceptors (Lipinski definition) is 18. The Balaban J connectivity index is 1.36. The number of carbonyl (C=O) groups excluding carboxylic acids is 5. The molecule has 340 valence electrons. The number of methoxy groups -OCH3 is 2. The first-order valence-corrected chi connectivity index (χ1v) is 20.3. The van der Waals surface area contributed by atoms with Crippen LogP contribution < -0.4 is 0 Å². The van der Waals surface area contributed by atoms with Crippen LogP contribution in [0.15, 0.2) is 91.0 Å². The maximum Gasteiger partial charge on any atom is 0.509 e. The van der Waals surface area contributed by atoms with E-state index in [9.17, 15) is 24.0 Å². The summed E-state index contributed by atoms with van der Waals surface area (Å²) >= 11 is 0. The summed E-state index contributed by atoms with van der Waals surface area (Å²) in [5.74, 6) is -5.98. The first-order valence-electron chi connectivity index (χ1n) is 20.3. The van der Waals surface area contributed by atoms with Gasteiger partial charge in [0.05, 0.1) is 40.0 Å². The molecule has 3 saturated heterocycles. The maximum atomic E-state index is 14.0. The van der Waals surface area contributed by atoms with Crippen molar-refractivity contribution in [2.75, 3.05) is 27.4 Å². The van der Waals surface area contributed by atoms with Crippen LogP contribution in [0.25, 0.3) is 0 Å². The minimum absolute atomic E-state index is 0.0985. The monoisotopic (exact) mass is 880 g/mol. The van der Waals surface area contributed by atoms with E-state index in [-0.39, 0.29) is 19.8 Å². The van der Waals surface area contributed by atoms with Gasteiger partial charge in [-0.2, -0.15) is 0 Å². The van der Waals surface area contributed by atoms with E-state index in [4.69, 9.17) is 61.6 Å². The van der Waals surface area contributed by atoms with Crippen molar-refractivity contribution in [2.45, 2.75) is 114 Å². The number of hydrogen-bond donors (Lipinski definition) is 0. The molecular formula is C45H52O18. The van der Waals surface area contributed by atoms with Crippen molar-refractivity contribution >= 4 is 30.0 Å². The van der Waals surface area contributed by atoms with E-state index in [0.717, 1.165) is 44.6 Å². The van der Waals surface area contributed by atoms with Crippen molar-refractivity contribution in [3.63, 3.8) is 0 Å². The Bertz CT molecular complexity index is 1970. The van der Waals surface area contributed by atoms with Crippen LogP contribution in [0.2, 0.25) is 0 Å². The van der Waals surface area contributed by atoms with Crippen LogP contribution >= 0.6 is 0 Å².